The van der Waals surface area contributed by atoms with Gasteiger partial charge in [0.15, 0.2) is 0 Å². The Kier molecular flexibility index (Phi) is 3.35. The van der Waals surface area contributed by atoms with Crippen molar-refractivity contribution < 1.29 is 9.18 Å². The molecule has 0 radical (unpaired) electrons. The average Bonchev–Trinajstić information content (AvgIpc) is 2.77. The Morgan fingerprint density at radius 3 is 2.81 bits per heavy atom. The van der Waals surface area contributed by atoms with E-state index < -0.39 is 11.9 Å². The Balaban J connectivity index is 2.03. The first-order valence-corrected chi connectivity index (χ1v) is 6.95. The van der Waals surface area contributed by atoms with Crippen molar-refractivity contribution in [3.8, 4) is 6.07 Å². The van der Waals surface area contributed by atoms with Gasteiger partial charge in [0.1, 0.15) is 23.5 Å². The van der Waals surface area contributed by atoms with Gasteiger partial charge in [-0.2, -0.15) is 5.26 Å². The van der Waals surface area contributed by atoms with E-state index in [1.54, 1.807) is 12.1 Å². The van der Waals surface area contributed by atoms with Gasteiger partial charge >= 0.3 is 0 Å². The molecule has 2 aromatic rings. The maximum Gasteiger partial charge on any atom is 0.251 e. The largest absolute Gasteiger partial charge is 0.369 e. The molecule has 1 atom stereocenters. The Bertz CT molecular complexity index is 785. The molecular formula is C15H9BrFN3O. The summed E-state index contributed by atoms with van der Waals surface area (Å²) in [4.78, 5) is 12.1. The fourth-order valence-electron chi connectivity index (χ4n) is 2.33. The lowest BCUT2D eigenvalue weighted by atomic mass is 10.1. The van der Waals surface area contributed by atoms with E-state index in [0.29, 0.717) is 11.4 Å². The summed E-state index contributed by atoms with van der Waals surface area (Å²) in [7, 11) is 0. The minimum atomic E-state index is -0.676. The van der Waals surface area contributed by atoms with Crippen molar-refractivity contribution in [3.63, 3.8) is 0 Å². The number of carbonyl (C=O) groups excluding carboxylic acids is 1. The minimum absolute atomic E-state index is 0.106. The second-order valence-corrected chi connectivity index (χ2v) is 5.40. The maximum atomic E-state index is 13.6. The summed E-state index contributed by atoms with van der Waals surface area (Å²) in [5.74, 6) is -0.863. The summed E-state index contributed by atoms with van der Waals surface area (Å²) >= 11 is 3.41. The summed E-state index contributed by atoms with van der Waals surface area (Å²) in [5, 5.41) is 14.7. The van der Waals surface area contributed by atoms with E-state index in [2.05, 4.69) is 26.6 Å². The van der Waals surface area contributed by atoms with Crippen molar-refractivity contribution >= 4 is 33.2 Å². The molecule has 21 heavy (non-hydrogen) atoms. The summed E-state index contributed by atoms with van der Waals surface area (Å²) in [6, 6.07) is 10.8. The van der Waals surface area contributed by atoms with Gasteiger partial charge in [0.05, 0.1) is 5.69 Å². The molecular weight excluding hydrogens is 337 g/mol. The Labute approximate surface area is 128 Å². The number of halogens is 2. The molecule has 104 valence electrons. The highest BCUT2D eigenvalue weighted by atomic mass is 79.9. The van der Waals surface area contributed by atoms with Crippen LogP contribution in [0.1, 0.15) is 17.2 Å². The van der Waals surface area contributed by atoms with Gasteiger partial charge < -0.3 is 10.6 Å². The number of nitrogens with one attached hydrogen (secondary N) is 2. The zero-order valence-corrected chi connectivity index (χ0v) is 12.2. The van der Waals surface area contributed by atoms with Gasteiger partial charge in [0.25, 0.3) is 5.91 Å². The summed E-state index contributed by atoms with van der Waals surface area (Å²) in [5.41, 5.74) is 1.63. The SMILES string of the molecule is N#Cc1c(F)cccc1NC1C(=O)Nc2cccc(Br)c21. The molecule has 6 heteroatoms. The highest BCUT2D eigenvalue weighted by Gasteiger charge is 2.32. The molecule has 1 aliphatic rings. The highest BCUT2D eigenvalue weighted by Crippen LogP contribution is 2.38. The summed E-state index contributed by atoms with van der Waals surface area (Å²) in [6.45, 7) is 0. The van der Waals surface area contributed by atoms with Crippen LogP contribution in [0, 0.1) is 17.1 Å². The smallest absolute Gasteiger partial charge is 0.251 e. The van der Waals surface area contributed by atoms with Crippen molar-refractivity contribution in [2.45, 2.75) is 6.04 Å². The zero-order valence-electron chi connectivity index (χ0n) is 10.7. The topological polar surface area (TPSA) is 64.9 Å². The Hall–Kier alpha value is -2.39. The maximum absolute atomic E-state index is 13.6. The monoisotopic (exact) mass is 345 g/mol. The van der Waals surface area contributed by atoms with E-state index in [0.717, 1.165) is 10.0 Å². The number of rotatable bonds is 2. The van der Waals surface area contributed by atoms with E-state index in [1.807, 2.05) is 18.2 Å². The Morgan fingerprint density at radius 1 is 1.29 bits per heavy atom. The van der Waals surface area contributed by atoms with E-state index >= 15 is 0 Å². The molecule has 1 aliphatic heterocycles. The molecule has 0 spiro atoms. The predicted octanol–water partition coefficient (Wildman–Crippen LogP) is 3.57. The van der Waals surface area contributed by atoms with Gasteiger partial charge in [0.2, 0.25) is 0 Å². The quantitative estimate of drug-likeness (QED) is 0.874. The number of benzene rings is 2. The predicted molar refractivity (Wildman–Crippen MR) is 80.3 cm³/mol. The number of carbonyl (C=O) groups is 1. The van der Waals surface area contributed by atoms with Gasteiger partial charge in [-0.25, -0.2) is 4.39 Å². The number of amides is 1. The van der Waals surface area contributed by atoms with Crippen LogP contribution in [0.2, 0.25) is 0 Å². The van der Waals surface area contributed by atoms with Crippen LogP contribution in [0.25, 0.3) is 0 Å². The van der Waals surface area contributed by atoms with E-state index in [9.17, 15) is 9.18 Å². The summed E-state index contributed by atoms with van der Waals surface area (Å²) in [6.07, 6.45) is 0. The molecule has 1 unspecified atom stereocenters. The van der Waals surface area contributed by atoms with Crippen molar-refractivity contribution in [1.29, 1.82) is 5.26 Å². The van der Waals surface area contributed by atoms with Crippen LogP contribution in [-0.2, 0) is 4.79 Å². The second kappa shape index (κ2) is 5.19. The third-order valence-corrected chi connectivity index (χ3v) is 3.98. The van der Waals surface area contributed by atoms with Crippen molar-refractivity contribution in [2.75, 3.05) is 10.6 Å². The fraction of sp³-hybridized carbons (Fsp3) is 0.0667. The first-order valence-electron chi connectivity index (χ1n) is 6.16. The van der Waals surface area contributed by atoms with E-state index in [4.69, 9.17) is 5.26 Å². The molecule has 0 aromatic heterocycles. The van der Waals surface area contributed by atoms with Crippen LogP contribution in [0.3, 0.4) is 0 Å². The number of hydrogen-bond acceptors (Lipinski definition) is 3. The molecule has 1 heterocycles. The Morgan fingerprint density at radius 2 is 2.05 bits per heavy atom. The lowest BCUT2D eigenvalue weighted by Crippen LogP contribution is -2.20. The zero-order chi connectivity index (χ0) is 15.0. The molecule has 1 amide bonds. The van der Waals surface area contributed by atoms with Gasteiger partial charge in [-0.05, 0) is 24.3 Å². The molecule has 0 saturated carbocycles. The van der Waals surface area contributed by atoms with Crippen LogP contribution in [-0.4, -0.2) is 5.91 Å². The van der Waals surface area contributed by atoms with Crippen LogP contribution in [0.15, 0.2) is 40.9 Å². The first kappa shape index (κ1) is 13.6. The molecule has 0 saturated heterocycles. The number of anilines is 2. The number of hydrogen-bond donors (Lipinski definition) is 2. The highest BCUT2D eigenvalue weighted by molar-refractivity contribution is 9.10. The molecule has 0 aliphatic carbocycles. The van der Waals surface area contributed by atoms with Gasteiger partial charge in [-0.1, -0.05) is 28.1 Å². The average molecular weight is 346 g/mol. The molecule has 3 rings (SSSR count). The molecule has 4 nitrogen and oxygen atoms in total. The fourth-order valence-corrected chi connectivity index (χ4v) is 2.92. The lowest BCUT2D eigenvalue weighted by molar-refractivity contribution is -0.116. The molecule has 0 fully saturated rings. The third-order valence-electron chi connectivity index (χ3n) is 3.29. The van der Waals surface area contributed by atoms with Gasteiger partial charge in [-0.15, -0.1) is 0 Å². The summed E-state index contributed by atoms with van der Waals surface area (Å²) < 4.78 is 14.4. The first-order chi connectivity index (χ1) is 10.1. The van der Waals surface area contributed by atoms with Crippen LogP contribution >= 0.6 is 15.9 Å². The number of nitrogens with zero attached hydrogens (tertiary/aromatic N) is 1. The van der Waals surface area contributed by atoms with Crippen molar-refractivity contribution in [1.82, 2.24) is 0 Å². The van der Waals surface area contributed by atoms with Gasteiger partial charge in [-0.3, -0.25) is 4.79 Å². The van der Waals surface area contributed by atoms with Crippen LogP contribution < -0.4 is 10.6 Å². The molecule has 2 N–H and O–H groups in total. The minimum Gasteiger partial charge on any atom is -0.369 e. The lowest BCUT2D eigenvalue weighted by Gasteiger charge is -2.15. The van der Waals surface area contributed by atoms with Crippen molar-refractivity contribution in [2.24, 2.45) is 0 Å². The van der Waals surface area contributed by atoms with Gasteiger partial charge in [0, 0.05) is 15.7 Å². The second-order valence-electron chi connectivity index (χ2n) is 4.54. The standard InChI is InChI=1S/C15H9BrFN3O/c16-9-3-1-6-12-13(9)14(15(21)20-12)19-11-5-2-4-10(17)8(11)7-18/h1-6,14,19H,(H,20,21). The number of nitriles is 1. The molecule has 2 aromatic carbocycles. The van der Waals surface area contributed by atoms with Crippen molar-refractivity contribution in [3.05, 3.63) is 57.8 Å². The normalized spacial score (nSPS) is 16.0. The third kappa shape index (κ3) is 2.26. The van der Waals surface area contributed by atoms with Crippen LogP contribution in [0.4, 0.5) is 15.8 Å². The van der Waals surface area contributed by atoms with E-state index in [-0.39, 0.29) is 11.5 Å². The van der Waals surface area contributed by atoms with E-state index in [1.165, 1.54) is 12.1 Å². The molecule has 0 bridgehead atoms. The van der Waals surface area contributed by atoms with Crippen LogP contribution in [0.5, 0.6) is 0 Å². The number of fused-ring (bicyclic) bond motifs is 1.